The van der Waals surface area contributed by atoms with E-state index in [4.69, 9.17) is 11.2 Å². The summed E-state index contributed by atoms with van der Waals surface area (Å²) in [5, 5.41) is 0. The van der Waals surface area contributed by atoms with Gasteiger partial charge in [-0.05, 0) is 19.3 Å². The van der Waals surface area contributed by atoms with Gasteiger partial charge in [0.25, 0.3) is 0 Å². The smallest absolute Gasteiger partial charge is 0.0463 e. The molecule has 0 aliphatic carbocycles. The van der Waals surface area contributed by atoms with Gasteiger partial charge in [0.2, 0.25) is 0 Å². The van der Waals surface area contributed by atoms with Crippen molar-refractivity contribution >= 4 is 17.9 Å². The first-order valence-corrected chi connectivity index (χ1v) is 6.76. The Kier molecular flexibility index (Phi) is 2.17. The van der Waals surface area contributed by atoms with Gasteiger partial charge in [-0.3, -0.25) is 0 Å². The van der Waals surface area contributed by atoms with Crippen LogP contribution >= 0.6 is 17.9 Å². The van der Waals surface area contributed by atoms with Crippen LogP contribution in [0.4, 0.5) is 0 Å². The summed E-state index contributed by atoms with van der Waals surface area (Å²) in [6.07, 6.45) is 6.84. The minimum Gasteiger partial charge on any atom is -0.0463 e. The highest BCUT2D eigenvalue weighted by Gasteiger charge is 2.31. The lowest BCUT2D eigenvalue weighted by atomic mass is 10.3. The zero-order chi connectivity index (χ0) is 6.04. The lowest BCUT2D eigenvalue weighted by Gasteiger charge is -2.17. The summed E-state index contributed by atoms with van der Waals surface area (Å²) < 4.78 is 0. The lowest BCUT2D eigenvalue weighted by molar-refractivity contribution is 0.752. The maximum absolute atomic E-state index is 6.18. The van der Waals surface area contributed by atoms with E-state index in [1.54, 1.807) is 0 Å². The molecule has 8 heavy (non-hydrogen) atoms. The van der Waals surface area contributed by atoms with Gasteiger partial charge in [0, 0.05) is 0 Å². The van der Waals surface area contributed by atoms with Crippen LogP contribution in [0.25, 0.3) is 0 Å². The highest BCUT2D eigenvalue weighted by atomic mass is 35.7. The molecule has 2 heteroatoms. The molecule has 0 nitrogen and oxygen atoms in total. The largest absolute Gasteiger partial charge is 0.110 e. The quantitative estimate of drug-likeness (QED) is 0.467. The van der Waals surface area contributed by atoms with E-state index in [1.165, 1.54) is 31.6 Å². The maximum Gasteiger partial charge on any atom is 0.110 e. The summed E-state index contributed by atoms with van der Waals surface area (Å²) in [4.78, 5) is 0. The molecule has 0 N–H and O–H groups in total. The molecule has 0 aromatic carbocycles. The Hall–Kier alpha value is 0.720. The van der Waals surface area contributed by atoms with Gasteiger partial charge in [-0.15, -0.1) is 0 Å². The van der Waals surface area contributed by atoms with Gasteiger partial charge in [-0.2, -0.15) is 0 Å². The molecule has 0 atom stereocenters. The molecule has 0 saturated carbocycles. The van der Waals surface area contributed by atoms with Crippen molar-refractivity contribution in [2.45, 2.75) is 19.3 Å². The number of hydrogen-bond acceptors (Lipinski definition) is 0. The fourth-order valence-corrected chi connectivity index (χ4v) is 3.88. The molecule has 0 unspecified atom stereocenters. The molecule has 1 heterocycles. The SMILES string of the molecule is C[P+]1(Cl)CCCCC1. The van der Waals surface area contributed by atoms with E-state index in [-0.39, 0.29) is 0 Å². The summed E-state index contributed by atoms with van der Waals surface area (Å²) in [5.41, 5.74) is 0. The van der Waals surface area contributed by atoms with Gasteiger partial charge < -0.3 is 0 Å². The average molecular weight is 152 g/mol. The van der Waals surface area contributed by atoms with Gasteiger partial charge in [0.15, 0.2) is 0 Å². The Morgan fingerprint density at radius 3 is 1.88 bits per heavy atom. The predicted octanol–water partition coefficient (Wildman–Crippen LogP) is 2.97. The lowest BCUT2D eigenvalue weighted by Crippen LogP contribution is -2.02. The van der Waals surface area contributed by atoms with Crippen molar-refractivity contribution in [3.05, 3.63) is 0 Å². The maximum atomic E-state index is 6.18. The van der Waals surface area contributed by atoms with Crippen LogP contribution in [-0.2, 0) is 0 Å². The van der Waals surface area contributed by atoms with Crippen molar-refractivity contribution in [3.63, 3.8) is 0 Å². The van der Waals surface area contributed by atoms with Crippen LogP contribution in [0, 0.1) is 0 Å². The molecule has 48 valence electrons. The average Bonchev–Trinajstić information content (AvgIpc) is 1.65. The Morgan fingerprint density at radius 1 is 1.12 bits per heavy atom. The molecule has 1 rings (SSSR count). The first-order valence-electron chi connectivity index (χ1n) is 3.25. The molecule has 1 aliphatic heterocycles. The fourth-order valence-electron chi connectivity index (χ4n) is 1.17. The summed E-state index contributed by atoms with van der Waals surface area (Å²) in [6, 6.07) is 0. The van der Waals surface area contributed by atoms with Crippen LogP contribution in [0.3, 0.4) is 0 Å². The summed E-state index contributed by atoms with van der Waals surface area (Å²) in [7, 11) is 0. The minimum absolute atomic E-state index is 0.864. The third-order valence-corrected chi connectivity index (χ3v) is 5.26. The summed E-state index contributed by atoms with van der Waals surface area (Å²) in [5.74, 6) is 0. The number of halogens is 1. The van der Waals surface area contributed by atoms with Gasteiger partial charge in [0.05, 0.1) is 30.2 Å². The molecular formula is C6H13ClP+. The van der Waals surface area contributed by atoms with Gasteiger partial charge in [0.1, 0.15) is 6.62 Å². The van der Waals surface area contributed by atoms with Crippen molar-refractivity contribution in [3.8, 4) is 0 Å². The number of rotatable bonds is 0. The molecule has 0 radical (unpaired) electrons. The molecule has 0 amide bonds. The molecule has 1 saturated heterocycles. The van der Waals surface area contributed by atoms with Crippen LogP contribution in [0.1, 0.15) is 19.3 Å². The topological polar surface area (TPSA) is 0 Å². The van der Waals surface area contributed by atoms with E-state index in [1.807, 2.05) is 0 Å². The Bertz CT molecular complexity index is 72.6. The normalized spacial score (nSPS) is 27.8. The van der Waals surface area contributed by atoms with Gasteiger partial charge in [-0.25, -0.2) is 0 Å². The van der Waals surface area contributed by atoms with Gasteiger partial charge in [-0.1, -0.05) is 0 Å². The van der Waals surface area contributed by atoms with Crippen molar-refractivity contribution in [2.75, 3.05) is 19.0 Å². The predicted molar refractivity (Wildman–Crippen MR) is 42.3 cm³/mol. The van der Waals surface area contributed by atoms with Crippen molar-refractivity contribution < 1.29 is 0 Å². The molecule has 1 fully saturated rings. The van der Waals surface area contributed by atoms with E-state index in [0.717, 1.165) is 0 Å². The molecule has 0 spiro atoms. The van der Waals surface area contributed by atoms with Crippen molar-refractivity contribution in [2.24, 2.45) is 0 Å². The first-order chi connectivity index (χ1) is 3.71. The summed E-state index contributed by atoms with van der Waals surface area (Å²) >= 11 is 6.18. The molecular weight excluding hydrogens is 138 g/mol. The fraction of sp³-hybridized carbons (Fsp3) is 1.00. The monoisotopic (exact) mass is 151 g/mol. The van der Waals surface area contributed by atoms with Crippen LogP contribution in [0.5, 0.6) is 0 Å². The summed E-state index contributed by atoms with van der Waals surface area (Å²) in [6.45, 7) is 1.39. The Labute approximate surface area is 56.7 Å². The molecule has 0 bridgehead atoms. The zero-order valence-electron chi connectivity index (χ0n) is 5.36. The number of hydrogen-bond donors (Lipinski definition) is 0. The highest BCUT2D eigenvalue weighted by Crippen LogP contribution is 2.63. The van der Waals surface area contributed by atoms with Gasteiger partial charge >= 0.3 is 0 Å². The highest BCUT2D eigenvalue weighted by molar-refractivity contribution is 7.98. The van der Waals surface area contributed by atoms with E-state index in [2.05, 4.69) is 6.66 Å². The van der Waals surface area contributed by atoms with Crippen LogP contribution in [0.2, 0.25) is 0 Å². The van der Waals surface area contributed by atoms with E-state index in [0.29, 0.717) is 0 Å². The third kappa shape index (κ3) is 1.91. The minimum atomic E-state index is -0.864. The van der Waals surface area contributed by atoms with Crippen molar-refractivity contribution in [1.82, 2.24) is 0 Å². The molecule has 0 aromatic rings. The second kappa shape index (κ2) is 2.54. The second-order valence-electron chi connectivity index (χ2n) is 2.77. The second-order valence-corrected chi connectivity index (χ2v) is 8.64. The van der Waals surface area contributed by atoms with E-state index < -0.39 is 6.62 Å². The third-order valence-electron chi connectivity index (χ3n) is 1.75. The first kappa shape index (κ1) is 6.83. The molecule has 1 aliphatic rings. The van der Waals surface area contributed by atoms with Crippen LogP contribution < -0.4 is 0 Å². The zero-order valence-corrected chi connectivity index (χ0v) is 7.01. The van der Waals surface area contributed by atoms with E-state index in [9.17, 15) is 0 Å². The molecule has 0 aromatic heterocycles. The van der Waals surface area contributed by atoms with Crippen LogP contribution in [0.15, 0.2) is 0 Å². The van der Waals surface area contributed by atoms with Crippen LogP contribution in [-0.4, -0.2) is 19.0 Å². The standard InChI is InChI=1S/C6H13ClP/c1-8(7)5-3-2-4-6-8/h2-6H2,1H3/q+1. The van der Waals surface area contributed by atoms with E-state index >= 15 is 0 Å². The Balaban J connectivity index is 2.33. The van der Waals surface area contributed by atoms with Crippen molar-refractivity contribution in [1.29, 1.82) is 0 Å². The Morgan fingerprint density at radius 2 is 1.62 bits per heavy atom.